The molecule has 14 heavy (non-hydrogen) atoms. The van der Waals surface area contributed by atoms with Crippen molar-refractivity contribution in [2.45, 2.75) is 26.7 Å². The maximum absolute atomic E-state index is 10.7. The number of hydrogen-bond acceptors (Lipinski definition) is 2. The molecule has 0 heterocycles. The van der Waals surface area contributed by atoms with Gasteiger partial charge in [-0.2, -0.15) is 0 Å². The molecule has 0 amide bonds. The van der Waals surface area contributed by atoms with Gasteiger partial charge in [-0.15, -0.1) is 12.6 Å². The van der Waals surface area contributed by atoms with Crippen LogP contribution in [0, 0.1) is 13.8 Å². The molecule has 0 radical (unpaired) electrons. The second-order valence-corrected chi connectivity index (χ2v) is 3.97. The van der Waals surface area contributed by atoms with Gasteiger partial charge in [0.25, 0.3) is 0 Å². The lowest BCUT2D eigenvalue weighted by atomic mass is 10.0. The van der Waals surface area contributed by atoms with Gasteiger partial charge in [-0.25, -0.2) is 0 Å². The Balaban J connectivity index is 2.84. The molecule has 0 spiro atoms. The third-order valence-electron chi connectivity index (χ3n) is 2.18. The highest BCUT2D eigenvalue weighted by Gasteiger charge is 2.04. The molecule has 0 atom stereocenters. The highest BCUT2D eigenvalue weighted by Crippen LogP contribution is 2.23. The van der Waals surface area contributed by atoms with Crippen molar-refractivity contribution in [2.75, 3.05) is 0 Å². The Morgan fingerprint density at radius 1 is 1.36 bits per heavy atom. The summed E-state index contributed by atoms with van der Waals surface area (Å²) in [5.74, 6) is 0.339. The third-order valence-corrected chi connectivity index (χ3v) is 2.40. The van der Waals surface area contributed by atoms with E-state index >= 15 is 0 Å². The molecule has 0 aliphatic carbocycles. The Labute approximate surface area is 89.4 Å². The first kappa shape index (κ1) is 11.1. The maximum atomic E-state index is 10.7. The number of phenols is 1. The quantitative estimate of drug-likeness (QED) is 0.752. The van der Waals surface area contributed by atoms with Crippen LogP contribution in [0.2, 0.25) is 0 Å². The van der Waals surface area contributed by atoms with E-state index in [9.17, 15) is 9.90 Å². The van der Waals surface area contributed by atoms with Crippen LogP contribution in [0.4, 0.5) is 0 Å². The van der Waals surface area contributed by atoms with E-state index in [1.807, 2.05) is 26.0 Å². The molecule has 1 rings (SSSR count). The van der Waals surface area contributed by atoms with Gasteiger partial charge >= 0.3 is 0 Å². The molecule has 2 nitrogen and oxygen atoms in total. The Morgan fingerprint density at radius 3 is 2.29 bits per heavy atom. The van der Waals surface area contributed by atoms with Gasteiger partial charge in [0.2, 0.25) is 0 Å². The van der Waals surface area contributed by atoms with Crippen molar-refractivity contribution in [1.29, 1.82) is 0 Å². The highest BCUT2D eigenvalue weighted by molar-refractivity contribution is 7.96. The fraction of sp³-hybridized carbons (Fsp3) is 0.364. The molecule has 0 bridgehead atoms. The summed E-state index contributed by atoms with van der Waals surface area (Å²) < 4.78 is 0. The zero-order valence-corrected chi connectivity index (χ0v) is 9.27. The second-order valence-electron chi connectivity index (χ2n) is 3.47. The maximum Gasteiger partial charge on any atom is 0.186 e. The van der Waals surface area contributed by atoms with Crippen molar-refractivity contribution in [3.05, 3.63) is 28.8 Å². The zero-order chi connectivity index (χ0) is 10.7. The van der Waals surface area contributed by atoms with E-state index in [4.69, 9.17) is 0 Å². The largest absolute Gasteiger partial charge is 0.507 e. The first-order valence-electron chi connectivity index (χ1n) is 4.51. The van der Waals surface area contributed by atoms with Gasteiger partial charge in [0.15, 0.2) is 5.12 Å². The van der Waals surface area contributed by atoms with Crippen LogP contribution < -0.4 is 0 Å². The summed E-state index contributed by atoms with van der Waals surface area (Å²) >= 11 is 3.71. The molecule has 1 aromatic carbocycles. The standard InChI is InChI=1S/C11H14O2S/c1-7-5-9(3-4-10(12)14)6-8(2)11(7)13/h5-6,13H,3-4H2,1-2H3,(H,12,14). The lowest BCUT2D eigenvalue weighted by molar-refractivity contribution is -0.110. The molecule has 76 valence electrons. The van der Waals surface area contributed by atoms with Crippen molar-refractivity contribution < 1.29 is 9.90 Å². The first-order valence-corrected chi connectivity index (χ1v) is 4.96. The predicted octanol–water partition coefficient (Wildman–Crippen LogP) is 2.40. The number of benzene rings is 1. The van der Waals surface area contributed by atoms with Crippen molar-refractivity contribution in [2.24, 2.45) is 0 Å². The summed E-state index contributed by atoms with van der Waals surface area (Å²) in [5, 5.41) is 9.42. The summed E-state index contributed by atoms with van der Waals surface area (Å²) in [6.45, 7) is 3.71. The molecule has 0 saturated carbocycles. The number of carbonyl (C=O) groups is 1. The summed E-state index contributed by atoms with van der Waals surface area (Å²) in [4.78, 5) is 10.7. The summed E-state index contributed by atoms with van der Waals surface area (Å²) in [7, 11) is 0. The van der Waals surface area contributed by atoms with Gasteiger partial charge in [-0.05, 0) is 37.0 Å². The monoisotopic (exact) mass is 210 g/mol. The second kappa shape index (κ2) is 4.51. The van der Waals surface area contributed by atoms with E-state index < -0.39 is 0 Å². The number of thiol groups is 1. The van der Waals surface area contributed by atoms with Crippen molar-refractivity contribution in [3.8, 4) is 5.75 Å². The highest BCUT2D eigenvalue weighted by atomic mass is 32.1. The first-order chi connectivity index (χ1) is 6.50. The number of aryl methyl sites for hydroxylation is 3. The minimum absolute atomic E-state index is 0.103. The molecule has 0 saturated heterocycles. The number of carbonyl (C=O) groups excluding carboxylic acids is 1. The van der Waals surface area contributed by atoms with Gasteiger partial charge in [-0.3, -0.25) is 4.79 Å². The van der Waals surface area contributed by atoms with Crippen LogP contribution in [-0.2, 0) is 11.2 Å². The van der Waals surface area contributed by atoms with Gasteiger partial charge in [0.05, 0.1) is 0 Å². The van der Waals surface area contributed by atoms with Crippen molar-refractivity contribution in [3.63, 3.8) is 0 Å². The number of aromatic hydroxyl groups is 1. The lowest BCUT2D eigenvalue weighted by Gasteiger charge is -2.06. The number of hydrogen-bond donors (Lipinski definition) is 2. The summed E-state index contributed by atoms with van der Waals surface area (Å²) in [6.07, 6.45) is 1.12. The predicted molar refractivity (Wildman–Crippen MR) is 59.9 cm³/mol. The lowest BCUT2D eigenvalue weighted by Crippen LogP contribution is -1.93. The topological polar surface area (TPSA) is 37.3 Å². The molecule has 1 aromatic rings. The molecule has 0 aromatic heterocycles. The average molecular weight is 210 g/mol. The van der Waals surface area contributed by atoms with Crippen molar-refractivity contribution >= 4 is 17.7 Å². The molecule has 3 heteroatoms. The number of rotatable bonds is 3. The molecular formula is C11H14O2S. The smallest absolute Gasteiger partial charge is 0.186 e. The Kier molecular flexibility index (Phi) is 3.58. The number of phenolic OH excluding ortho intramolecular Hbond substituents is 1. The van der Waals surface area contributed by atoms with Crippen molar-refractivity contribution in [1.82, 2.24) is 0 Å². The molecule has 0 aliphatic heterocycles. The third kappa shape index (κ3) is 2.77. The van der Waals surface area contributed by atoms with Crippen LogP contribution in [0.15, 0.2) is 12.1 Å². The van der Waals surface area contributed by atoms with Gasteiger partial charge < -0.3 is 5.11 Å². The van der Waals surface area contributed by atoms with Crippen LogP contribution in [0.1, 0.15) is 23.1 Å². The van der Waals surface area contributed by atoms with Crippen LogP contribution in [0.25, 0.3) is 0 Å². The molecule has 0 aliphatic rings. The van der Waals surface area contributed by atoms with E-state index in [0.717, 1.165) is 16.7 Å². The van der Waals surface area contributed by atoms with Crippen LogP contribution in [0.3, 0.4) is 0 Å². The Morgan fingerprint density at radius 2 is 1.86 bits per heavy atom. The fourth-order valence-corrected chi connectivity index (χ4v) is 1.55. The normalized spacial score (nSPS) is 10.2. The molecule has 0 unspecified atom stereocenters. The van der Waals surface area contributed by atoms with Crippen LogP contribution in [0.5, 0.6) is 5.75 Å². The van der Waals surface area contributed by atoms with E-state index in [1.165, 1.54) is 0 Å². The van der Waals surface area contributed by atoms with Crippen LogP contribution >= 0.6 is 12.6 Å². The van der Waals surface area contributed by atoms with E-state index in [2.05, 4.69) is 12.6 Å². The Bertz CT molecular complexity index is 335. The van der Waals surface area contributed by atoms with E-state index in [1.54, 1.807) is 0 Å². The fourth-order valence-electron chi connectivity index (χ4n) is 1.44. The summed E-state index contributed by atoms with van der Waals surface area (Å²) in [5.41, 5.74) is 2.78. The minimum atomic E-state index is -0.103. The molecular weight excluding hydrogens is 196 g/mol. The zero-order valence-electron chi connectivity index (χ0n) is 8.37. The van der Waals surface area contributed by atoms with E-state index in [-0.39, 0.29) is 5.12 Å². The van der Waals surface area contributed by atoms with E-state index in [0.29, 0.717) is 18.6 Å². The molecule has 1 N–H and O–H groups in total. The van der Waals surface area contributed by atoms with Gasteiger partial charge in [0.1, 0.15) is 5.75 Å². The minimum Gasteiger partial charge on any atom is -0.507 e. The van der Waals surface area contributed by atoms with Gasteiger partial charge in [-0.1, -0.05) is 12.1 Å². The summed E-state index contributed by atoms with van der Waals surface area (Å²) in [6, 6.07) is 3.80. The van der Waals surface area contributed by atoms with Gasteiger partial charge in [0, 0.05) is 6.42 Å². The molecule has 0 fully saturated rings. The average Bonchev–Trinajstić information content (AvgIpc) is 2.10. The van der Waals surface area contributed by atoms with Crippen LogP contribution in [-0.4, -0.2) is 10.2 Å². The Hall–Kier alpha value is -0.960. The SMILES string of the molecule is Cc1cc(CCC(=O)S)cc(C)c1O.